The van der Waals surface area contributed by atoms with E-state index in [-0.39, 0.29) is 0 Å². The number of imidazole rings is 1. The fourth-order valence-electron chi connectivity index (χ4n) is 2.25. The van der Waals surface area contributed by atoms with Crippen molar-refractivity contribution in [3.8, 4) is 0 Å². The summed E-state index contributed by atoms with van der Waals surface area (Å²) in [5.74, 6) is -1.46. The van der Waals surface area contributed by atoms with Crippen molar-refractivity contribution in [1.29, 1.82) is 0 Å². The normalized spacial score (nSPS) is 10.4. The van der Waals surface area contributed by atoms with Crippen LogP contribution < -0.4 is 15.5 Å². The van der Waals surface area contributed by atoms with E-state index in [2.05, 4.69) is 20.6 Å². The Hall–Kier alpha value is -3.35. The van der Waals surface area contributed by atoms with Crippen LogP contribution in [-0.4, -0.2) is 35.9 Å². The number of hydrogen-bond donors (Lipinski definition) is 3. The van der Waals surface area contributed by atoms with Gasteiger partial charge in [0.15, 0.2) is 0 Å². The summed E-state index contributed by atoms with van der Waals surface area (Å²) in [7, 11) is 3.80. The zero-order valence-corrected chi connectivity index (χ0v) is 13.3. The van der Waals surface area contributed by atoms with E-state index in [0.29, 0.717) is 11.4 Å². The number of anilines is 3. The Morgan fingerprint density at radius 2 is 1.71 bits per heavy atom. The highest BCUT2D eigenvalue weighted by Crippen LogP contribution is 2.18. The van der Waals surface area contributed by atoms with E-state index in [4.69, 9.17) is 0 Å². The first kappa shape index (κ1) is 15.5. The SMILES string of the molecule is CN(C)c1cccc(NC(=O)C(=O)Nc2ccc3nc[nH]c3c2)c1. The monoisotopic (exact) mass is 323 g/mol. The minimum atomic E-state index is -0.732. The Labute approximate surface area is 138 Å². The highest BCUT2D eigenvalue weighted by Gasteiger charge is 2.14. The maximum Gasteiger partial charge on any atom is 0.314 e. The molecular weight excluding hydrogens is 306 g/mol. The highest BCUT2D eigenvalue weighted by molar-refractivity contribution is 6.43. The summed E-state index contributed by atoms with van der Waals surface area (Å²) >= 11 is 0. The molecule has 0 aliphatic heterocycles. The second-order valence-electron chi connectivity index (χ2n) is 5.49. The minimum absolute atomic E-state index is 0.522. The number of carbonyl (C=O) groups is 2. The summed E-state index contributed by atoms with van der Waals surface area (Å²) in [5, 5.41) is 5.16. The quantitative estimate of drug-likeness (QED) is 0.645. The zero-order valence-electron chi connectivity index (χ0n) is 13.3. The van der Waals surface area contributed by atoms with Gasteiger partial charge in [0, 0.05) is 31.2 Å². The number of nitrogens with one attached hydrogen (secondary N) is 3. The molecule has 1 heterocycles. The van der Waals surface area contributed by atoms with Crippen LogP contribution in [-0.2, 0) is 9.59 Å². The zero-order chi connectivity index (χ0) is 17.1. The number of carbonyl (C=O) groups excluding carboxylic acids is 2. The van der Waals surface area contributed by atoms with E-state index in [0.717, 1.165) is 16.7 Å². The molecule has 0 unspecified atom stereocenters. The van der Waals surface area contributed by atoms with Crippen molar-refractivity contribution in [2.75, 3.05) is 29.6 Å². The molecule has 24 heavy (non-hydrogen) atoms. The molecule has 2 aromatic carbocycles. The molecule has 0 fully saturated rings. The van der Waals surface area contributed by atoms with Crippen molar-refractivity contribution < 1.29 is 9.59 Å². The lowest BCUT2D eigenvalue weighted by atomic mass is 10.2. The first-order chi connectivity index (χ1) is 11.5. The molecule has 122 valence electrons. The molecule has 3 aromatic rings. The number of benzene rings is 2. The third-order valence-electron chi connectivity index (χ3n) is 3.50. The van der Waals surface area contributed by atoms with Crippen LogP contribution in [0, 0.1) is 0 Å². The lowest BCUT2D eigenvalue weighted by Crippen LogP contribution is -2.29. The number of aromatic amines is 1. The molecular formula is C17H17N5O2. The number of aromatic nitrogens is 2. The summed E-state index contributed by atoms with van der Waals surface area (Å²) in [6.45, 7) is 0. The molecule has 0 spiro atoms. The maximum atomic E-state index is 12.1. The average molecular weight is 323 g/mol. The molecule has 0 aliphatic carbocycles. The third kappa shape index (κ3) is 3.35. The molecule has 0 saturated carbocycles. The van der Waals surface area contributed by atoms with Gasteiger partial charge in [-0.1, -0.05) is 6.07 Å². The van der Waals surface area contributed by atoms with Crippen molar-refractivity contribution in [1.82, 2.24) is 9.97 Å². The minimum Gasteiger partial charge on any atom is -0.378 e. The number of amides is 2. The Morgan fingerprint density at radius 1 is 1.00 bits per heavy atom. The Bertz CT molecular complexity index is 901. The number of fused-ring (bicyclic) bond motifs is 1. The summed E-state index contributed by atoms with van der Waals surface area (Å²) < 4.78 is 0. The van der Waals surface area contributed by atoms with E-state index in [1.165, 1.54) is 0 Å². The van der Waals surface area contributed by atoms with E-state index >= 15 is 0 Å². The van der Waals surface area contributed by atoms with E-state index < -0.39 is 11.8 Å². The van der Waals surface area contributed by atoms with Crippen LogP contribution in [0.1, 0.15) is 0 Å². The molecule has 0 aliphatic rings. The van der Waals surface area contributed by atoms with E-state index in [1.807, 2.05) is 31.1 Å². The van der Waals surface area contributed by atoms with Crippen LogP contribution in [0.2, 0.25) is 0 Å². The van der Waals surface area contributed by atoms with Crippen molar-refractivity contribution in [2.24, 2.45) is 0 Å². The smallest absolute Gasteiger partial charge is 0.314 e. The predicted molar refractivity (Wildman–Crippen MR) is 94.1 cm³/mol. The van der Waals surface area contributed by atoms with Crippen molar-refractivity contribution in [3.63, 3.8) is 0 Å². The average Bonchev–Trinajstić information content (AvgIpc) is 3.02. The van der Waals surface area contributed by atoms with Gasteiger partial charge in [-0.3, -0.25) is 9.59 Å². The number of hydrogen-bond acceptors (Lipinski definition) is 4. The molecule has 3 N–H and O–H groups in total. The van der Waals surface area contributed by atoms with Crippen molar-refractivity contribution in [3.05, 3.63) is 48.8 Å². The van der Waals surface area contributed by atoms with Crippen LogP contribution >= 0.6 is 0 Å². The molecule has 2 amide bonds. The van der Waals surface area contributed by atoms with Gasteiger partial charge in [-0.25, -0.2) is 4.98 Å². The van der Waals surface area contributed by atoms with Gasteiger partial charge in [0.05, 0.1) is 17.4 Å². The first-order valence-electron chi connectivity index (χ1n) is 7.36. The second kappa shape index (κ2) is 6.41. The van der Waals surface area contributed by atoms with E-state index in [9.17, 15) is 9.59 Å². The molecule has 3 rings (SSSR count). The first-order valence-corrected chi connectivity index (χ1v) is 7.36. The molecule has 0 atom stereocenters. The van der Waals surface area contributed by atoms with Crippen LogP contribution in [0.15, 0.2) is 48.8 Å². The van der Waals surface area contributed by atoms with Gasteiger partial charge in [0.25, 0.3) is 0 Å². The Morgan fingerprint density at radius 3 is 2.42 bits per heavy atom. The van der Waals surface area contributed by atoms with Gasteiger partial charge >= 0.3 is 11.8 Å². The highest BCUT2D eigenvalue weighted by atomic mass is 16.2. The van der Waals surface area contributed by atoms with Gasteiger partial charge in [-0.05, 0) is 36.4 Å². The lowest BCUT2D eigenvalue weighted by molar-refractivity contribution is -0.132. The molecule has 0 radical (unpaired) electrons. The van der Waals surface area contributed by atoms with Gasteiger partial charge < -0.3 is 20.5 Å². The summed E-state index contributed by atoms with van der Waals surface area (Å²) in [6.07, 6.45) is 1.57. The predicted octanol–water partition coefficient (Wildman–Crippen LogP) is 2.21. The molecule has 0 saturated heterocycles. The molecule has 0 bridgehead atoms. The van der Waals surface area contributed by atoms with Crippen LogP contribution in [0.4, 0.5) is 17.1 Å². The summed E-state index contributed by atoms with van der Waals surface area (Å²) in [6, 6.07) is 12.4. The van der Waals surface area contributed by atoms with Crippen LogP contribution in [0.3, 0.4) is 0 Å². The maximum absolute atomic E-state index is 12.1. The fourth-order valence-corrected chi connectivity index (χ4v) is 2.25. The van der Waals surface area contributed by atoms with Crippen LogP contribution in [0.25, 0.3) is 11.0 Å². The third-order valence-corrected chi connectivity index (χ3v) is 3.50. The second-order valence-corrected chi connectivity index (χ2v) is 5.49. The standard InChI is InChI=1S/C17H17N5O2/c1-22(2)13-5-3-4-11(8-13)20-16(23)17(24)21-12-6-7-14-15(9-12)19-10-18-14/h3-10H,1-2H3,(H,18,19)(H,20,23)(H,21,24). The summed E-state index contributed by atoms with van der Waals surface area (Å²) in [5.41, 5.74) is 3.59. The Balaban J connectivity index is 1.68. The van der Waals surface area contributed by atoms with Gasteiger partial charge in [0.1, 0.15) is 0 Å². The fraction of sp³-hybridized carbons (Fsp3) is 0.118. The van der Waals surface area contributed by atoms with Crippen molar-refractivity contribution >= 4 is 39.9 Å². The lowest BCUT2D eigenvalue weighted by Gasteiger charge is -2.14. The molecule has 1 aromatic heterocycles. The number of nitrogens with zero attached hydrogens (tertiary/aromatic N) is 2. The molecule has 7 heteroatoms. The van der Waals surface area contributed by atoms with Crippen LogP contribution in [0.5, 0.6) is 0 Å². The summed E-state index contributed by atoms with van der Waals surface area (Å²) in [4.78, 5) is 33.1. The van der Waals surface area contributed by atoms with Gasteiger partial charge in [0.2, 0.25) is 0 Å². The Kier molecular flexibility index (Phi) is 4.15. The number of rotatable bonds is 3. The molecule has 7 nitrogen and oxygen atoms in total. The van der Waals surface area contributed by atoms with Gasteiger partial charge in [-0.15, -0.1) is 0 Å². The number of H-pyrrole nitrogens is 1. The van der Waals surface area contributed by atoms with Crippen molar-refractivity contribution in [2.45, 2.75) is 0 Å². The van der Waals surface area contributed by atoms with E-state index in [1.54, 1.807) is 36.7 Å². The topological polar surface area (TPSA) is 90.1 Å². The van der Waals surface area contributed by atoms with Gasteiger partial charge in [-0.2, -0.15) is 0 Å². The largest absolute Gasteiger partial charge is 0.378 e.